The maximum Gasteiger partial charge on any atom is 0.220 e. The van der Waals surface area contributed by atoms with Gasteiger partial charge >= 0.3 is 0 Å². The van der Waals surface area contributed by atoms with Crippen LogP contribution in [0.1, 0.15) is 11.3 Å². The number of nitrogens with two attached hydrogens (primary N) is 1. The summed E-state index contributed by atoms with van der Waals surface area (Å²) in [5, 5.41) is 8.86. The summed E-state index contributed by atoms with van der Waals surface area (Å²) >= 11 is 0. The monoisotopic (exact) mass is 372 g/mol. The average Bonchev–Trinajstić information content (AvgIpc) is 2.73. The predicted octanol–water partition coefficient (Wildman–Crippen LogP) is 3.24. The molecule has 0 unspecified atom stereocenters. The normalized spacial score (nSPS) is 10.9. The van der Waals surface area contributed by atoms with Crippen molar-refractivity contribution in [3.05, 3.63) is 78.0 Å². The van der Waals surface area contributed by atoms with E-state index in [0.29, 0.717) is 12.2 Å². The molecule has 0 atom stereocenters. The van der Waals surface area contributed by atoms with Gasteiger partial charge in [-0.1, -0.05) is 30.3 Å². The van der Waals surface area contributed by atoms with E-state index < -0.39 is 0 Å². The van der Waals surface area contributed by atoms with Crippen LogP contribution in [-0.4, -0.2) is 33.3 Å². The largest absolute Gasteiger partial charge is 0.491 e. The Morgan fingerprint density at radius 3 is 2.39 bits per heavy atom. The van der Waals surface area contributed by atoms with Crippen LogP contribution in [0.5, 0.6) is 5.75 Å². The first kappa shape index (κ1) is 17.9. The molecule has 0 aliphatic carbocycles. The van der Waals surface area contributed by atoms with Crippen molar-refractivity contribution < 1.29 is 9.84 Å². The first-order valence-electron chi connectivity index (χ1n) is 9.04. The highest BCUT2D eigenvalue weighted by Gasteiger charge is 2.11. The second-order valence-corrected chi connectivity index (χ2v) is 6.35. The minimum absolute atomic E-state index is 0.0126. The molecule has 0 aliphatic rings. The highest BCUT2D eigenvalue weighted by molar-refractivity contribution is 5.81. The zero-order valence-electron chi connectivity index (χ0n) is 15.2. The summed E-state index contributed by atoms with van der Waals surface area (Å²) in [5.41, 5.74) is 11.1. The number of pyridine rings is 1. The summed E-state index contributed by atoms with van der Waals surface area (Å²) < 4.78 is 5.41. The van der Waals surface area contributed by atoms with E-state index in [9.17, 15) is 0 Å². The third kappa shape index (κ3) is 3.92. The van der Waals surface area contributed by atoms with Gasteiger partial charge in [0.2, 0.25) is 5.95 Å². The fourth-order valence-electron chi connectivity index (χ4n) is 3.05. The molecule has 6 nitrogen and oxygen atoms in total. The number of aliphatic hydroxyl groups excluding tert-OH is 1. The second kappa shape index (κ2) is 8.02. The average molecular weight is 372 g/mol. The second-order valence-electron chi connectivity index (χ2n) is 6.35. The first-order valence-corrected chi connectivity index (χ1v) is 9.04. The minimum atomic E-state index is -0.0126. The van der Waals surface area contributed by atoms with Gasteiger partial charge in [0, 0.05) is 12.0 Å². The van der Waals surface area contributed by atoms with Gasteiger partial charge in [-0.05, 0) is 42.0 Å². The molecule has 2 heterocycles. The first-order chi connectivity index (χ1) is 13.7. The summed E-state index contributed by atoms with van der Waals surface area (Å²) in [6.07, 6.45) is 0.633. The number of aliphatic hydroxyl groups is 1. The highest BCUT2D eigenvalue weighted by atomic mass is 16.5. The van der Waals surface area contributed by atoms with E-state index >= 15 is 0 Å². The Morgan fingerprint density at radius 2 is 1.64 bits per heavy atom. The highest BCUT2D eigenvalue weighted by Crippen LogP contribution is 2.25. The number of ether oxygens (including phenoxy) is 1. The molecule has 0 bridgehead atoms. The molecule has 140 valence electrons. The Labute approximate surface area is 162 Å². The van der Waals surface area contributed by atoms with Gasteiger partial charge in [0.1, 0.15) is 17.9 Å². The molecule has 4 rings (SSSR count). The van der Waals surface area contributed by atoms with Crippen molar-refractivity contribution >= 4 is 17.0 Å². The standard InChI is InChI=1S/C22H20N4O2/c23-22-25-19-11-10-18(16-6-8-17(9-7-16)28-13-12-27)24-21(19)20(26-22)14-15-4-2-1-3-5-15/h1-11,27H,12-14H2,(H2,23,25,26). The SMILES string of the molecule is Nc1nc(Cc2ccccc2)c2nc(-c3ccc(OCCO)cc3)ccc2n1. The molecule has 0 aliphatic heterocycles. The summed E-state index contributed by atoms with van der Waals surface area (Å²) in [6.45, 7) is 0.260. The van der Waals surface area contributed by atoms with Crippen LogP contribution in [0.2, 0.25) is 0 Å². The molecule has 0 amide bonds. The molecular formula is C22H20N4O2. The van der Waals surface area contributed by atoms with Gasteiger partial charge in [0.05, 0.1) is 23.5 Å². The molecule has 2 aromatic carbocycles. The van der Waals surface area contributed by atoms with Crippen LogP contribution >= 0.6 is 0 Å². The molecule has 6 heteroatoms. The van der Waals surface area contributed by atoms with Gasteiger partial charge in [0.15, 0.2) is 0 Å². The van der Waals surface area contributed by atoms with Gasteiger partial charge < -0.3 is 15.6 Å². The molecule has 3 N–H and O–H groups in total. The lowest BCUT2D eigenvalue weighted by Gasteiger charge is -2.09. The van der Waals surface area contributed by atoms with Crippen molar-refractivity contribution in [3.63, 3.8) is 0 Å². The van der Waals surface area contributed by atoms with E-state index in [-0.39, 0.29) is 19.2 Å². The van der Waals surface area contributed by atoms with E-state index in [1.807, 2.05) is 54.6 Å². The van der Waals surface area contributed by atoms with Crippen molar-refractivity contribution in [3.8, 4) is 17.0 Å². The topological polar surface area (TPSA) is 94.2 Å². The van der Waals surface area contributed by atoms with Gasteiger partial charge in [0.25, 0.3) is 0 Å². The molecular weight excluding hydrogens is 352 g/mol. The predicted molar refractivity (Wildman–Crippen MR) is 109 cm³/mol. The number of nitrogens with zero attached hydrogens (tertiary/aromatic N) is 3. The maximum atomic E-state index is 8.86. The van der Waals surface area contributed by atoms with Crippen LogP contribution in [0.3, 0.4) is 0 Å². The molecule has 0 spiro atoms. The number of anilines is 1. The third-order valence-corrected chi connectivity index (χ3v) is 4.36. The van der Waals surface area contributed by atoms with Crippen LogP contribution in [0.15, 0.2) is 66.7 Å². The number of benzene rings is 2. The quantitative estimate of drug-likeness (QED) is 0.540. The van der Waals surface area contributed by atoms with Crippen molar-refractivity contribution in [1.82, 2.24) is 15.0 Å². The summed E-state index contributed by atoms with van der Waals surface area (Å²) in [7, 11) is 0. The van der Waals surface area contributed by atoms with Crippen molar-refractivity contribution in [2.45, 2.75) is 6.42 Å². The number of rotatable bonds is 6. The van der Waals surface area contributed by atoms with Gasteiger partial charge in [-0.15, -0.1) is 0 Å². The molecule has 28 heavy (non-hydrogen) atoms. The van der Waals surface area contributed by atoms with Crippen molar-refractivity contribution in [2.75, 3.05) is 18.9 Å². The summed E-state index contributed by atoms with van der Waals surface area (Å²) in [4.78, 5) is 13.6. The fraction of sp³-hybridized carbons (Fsp3) is 0.136. The van der Waals surface area contributed by atoms with Crippen LogP contribution in [0.25, 0.3) is 22.3 Å². The number of hydrogen-bond donors (Lipinski definition) is 2. The smallest absolute Gasteiger partial charge is 0.220 e. The molecule has 0 saturated carbocycles. The van der Waals surface area contributed by atoms with Gasteiger partial charge in [-0.2, -0.15) is 0 Å². The lowest BCUT2D eigenvalue weighted by molar-refractivity contribution is 0.201. The zero-order valence-corrected chi connectivity index (χ0v) is 15.2. The van der Waals surface area contributed by atoms with E-state index in [1.54, 1.807) is 0 Å². The summed E-state index contributed by atoms with van der Waals surface area (Å²) in [6, 6.07) is 21.5. The lowest BCUT2D eigenvalue weighted by Crippen LogP contribution is -2.03. The number of fused-ring (bicyclic) bond motifs is 1. The Bertz CT molecular complexity index is 1080. The van der Waals surface area contributed by atoms with Crippen LogP contribution in [0.4, 0.5) is 5.95 Å². The van der Waals surface area contributed by atoms with Gasteiger partial charge in [-0.25, -0.2) is 15.0 Å². The number of nitrogen functional groups attached to an aromatic ring is 1. The molecule has 0 fully saturated rings. The van der Waals surface area contributed by atoms with Gasteiger partial charge in [-0.3, -0.25) is 0 Å². The van der Waals surface area contributed by atoms with E-state index in [4.69, 9.17) is 20.6 Å². The zero-order chi connectivity index (χ0) is 19.3. The third-order valence-electron chi connectivity index (χ3n) is 4.36. The summed E-state index contributed by atoms with van der Waals surface area (Å²) in [5.74, 6) is 0.956. The lowest BCUT2D eigenvalue weighted by atomic mass is 10.1. The number of hydrogen-bond acceptors (Lipinski definition) is 6. The van der Waals surface area contributed by atoms with Crippen LogP contribution < -0.4 is 10.5 Å². The van der Waals surface area contributed by atoms with E-state index in [0.717, 1.165) is 33.5 Å². The van der Waals surface area contributed by atoms with Crippen LogP contribution in [-0.2, 0) is 6.42 Å². The maximum absolute atomic E-state index is 8.86. The Morgan fingerprint density at radius 1 is 0.857 bits per heavy atom. The van der Waals surface area contributed by atoms with Crippen molar-refractivity contribution in [2.24, 2.45) is 0 Å². The fourth-order valence-corrected chi connectivity index (χ4v) is 3.05. The molecule has 2 aromatic heterocycles. The van der Waals surface area contributed by atoms with E-state index in [1.165, 1.54) is 0 Å². The number of aromatic nitrogens is 3. The Hall–Kier alpha value is -3.51. The van der Waals surface area contributed by atoms with E-state index in [2.05, 4.69) is 22.1 Å². The molecule has 4 aromatic rings. The Balaban J connectivity index is 1.71. The molecule has 0 saturated heterocycles. The molecule has 0 radical (unpaired) electrons. The Kier molecular flexibility index (Phi) is 5.12. The minimum Gasteiger partial charge on any atom is -0.491 e. The van der Waals surface area contributed by atoms with Crippen LogP contribution in [0, 0.1) is 0 Å². The van der Waals surface area contributed by atoms with Crippen molar-refractivity contribution in [1.29, 1.82) is 0 Å².